The topological polar surface area (TPSA) is 208 Å². The van der Waals surface area contributed by atoms with Crippen molar-refractivity contribution in [3.05, 3.63) is 51.6 Å². The van der Waals surface area contributed by atoms with Gasteiger partial charge in [0.05, 0.1) is 42.4 Å². The first-order chi connectivity index (χ1) is 18.4. The largest absolute Gasteiger partial charge is 0.507 e. The highest BCUT2D eigenvalue weighted by molar-refractivity contribution is 6.31. The van der Waals surface area contributed by atoms with Crippen molar-refractivity contribution in [2.24, 2.45) is 0 Å². The van der Waals surface area contributed by atoms with E-state index < -0.39 is 95.7 Å². The van der Waals surface area contributed by atoms with Gasteiger partial charge in [0.15, 0.2) is 17.9 Å². The average Bonchev–Trinajstić information content (AvgIpc) is 2.90. The van der Waals surface area contributed by atoms with Crippen LogP contribution in [0.3, 0.4) is 0 Å². The highest BCUT2D eigenvalue weighted by Gasteiger charge is 2.50. The Morgan fingerprint density at radius 2 is 1.85 bits per heavy atom. The van der Waals surface area contributed by atoms with Crippen molar-refractivity contribution in [3.63, 3.8) is 0 Å². The maximum Gasteiger partial charge on any atom is 0.202 e. The molecule has 6 atom stereocenters. The number of Topliss-reactive ketones (excluding diaryl/α,β-unsaturated/α-hetero) is 1. The quantitative estimate of drug-likeness (QED) is 0.221. The van der Waals surface area contributed by atoms with Gasteiger partial charge < -0.3 is 45.5 Å². The number of aliphatic hydroxyl groups is 3. The predicted molar refractivity (Wildman–Crippen MR) is 130 cm³/mol. The Labute approximate surface area is 222 Å². The molecule has 0 saturated carbocycles. The summed E-state index contributed by atoms with van der Waals surface area (Å²) in [6.45, 7) is 0.610. The van der Waals surface area contributed by atoms with Gasteiger partial charge in [-0.3, -0.25) is 14.4 Å². The molecular formula is C27H30NO11+. The van der Waals surface area contributed by atoms with E-state index >= 15 is 0 Å². The van der Waals surface area contributed by atoms with Crippen LogP contribution in [-0.2, 0) is 20.7 Å². The molecule has 0 amide bonds. The summed E-state index contributed by atoms with van der Waals surface area (Å²) < 4.78 is 17.1. The molecule has 2 aliphatic carbocycles. The Bertz CT molecular complexity index is 1380. The van der Waals surface area contributed by atoms with Gasteiger partial charge in [0.1, 0.15) is 41.6 Å². The number of phenolic OH excluding ortho intramolecular Hbond substituents is 2. The van der Waals surface area contributed by atoms with E-state index in [-0.39, 0.29) is 34.4 Å². The number of phenols is 2. The van der Waals surface area contributed by atoms with E-state index in [0.29, 0.717) is 0 Å². The SMILES string of the molecule is COc1cccc2c1C(=O)c1c(O)c3c(c(O)c1C2=O)C[C@@](O)(C(=O)CO)CC3OC1CC([NH3+])C(O)C(C)O1. The number of fused-ring (bicyclic) bond motifs is 3. The maximum absolute atomic E-state index is 13.7. The Kier molecular flexibility index (Phi) is 6.74. The number of ketones is 3. The molecule has 12 nitrogen and oxygen atoms in total. The van der Waals surface area contributed by atoms with Crippen LogP contribution < -0.4 is 10.5 Å². The molecule has 0 bridgehead atoms. The molecule has 0 radical (unpaired) electrons. The van der Waals surface area contributed by atoms with E-state index in [0.717, 1.165) is 0 Å². The second-order valence-corrected chi connectivity index (χ2v) is 10.3. The van der Waals surface area contributed by atoms with Crippen LogP contribution in [0.5, 0.6) is 17.2 Å². The van der Waals surface area contributed by atoms with Crippen molar-refractivity contribution < 1.29 is 59.9 Å². The van der Waals surface area contributed by atoms with Crippen LogP contribution in [0.4, 0.5) is 0 Å². The molecule has 1 heterocycles. The van der Waals surface area contributed by atoms with Crippen molar-refractivity contribution in [1.29, 1.82) is 0 Å². The molecule has 39 heavy (non-hydrogen) atoms. The normalized spacial score (nSPS) is 29.8. The highest BCUT2D eigenvalue weighted by Crippen LogP contribution is 2.52. The number of rotatable bonds is 5. The fourth-order valence-corrected chi connectivity index (χ4v) is 5.81. The monoisotopic (exact) mass is 544 g/mol. The summed E-state index contributed by atoms with van der Waals surface area (Å²) in [6, 6.07) is 3.90. The fraction of sp³-hybridized carbons (Fsp3) is 0.444. The second kappa shape index (κ2) is 9.66. The lowest BCUT2D eigenvalue weighted by molar-refractivity contribution is -0.466. The molecule has 2 aromatic carbocycles. The number of aromatic hydroxyl groups is 2. The van der Waals surface area contributed by atoms with Crippen molar-refractivity contribution in [2.45, 2.75) is 62.4 Å². The molecule has 208 valence electrons. The van der Waals surface area contributed by atoms with Crippen LogP contribution in [-0.4, -0.2) is 86.7 Å². The highest BCUT2D eigenvalue weighted by atomic mass is 16.7. The predicted octanol–water partition coefficient (Wildman–Crippen LogP) is -0.715. The zero-order valence-corrected chi connectivity index (χ0v) is 21.3. The molecule has 3 aliphatic rings. The first-order valence-corrected chi connectivity index (χ1v) is 12.5. The van der Waals surface area contributed by atoms with Crippen LogP contribution in [0.1, 0.15) is 68.8 Å². The fourth-order valence-electron chi connectivity index (χ4n) is 5.81. The van der Waals surface area contributed by atoms with Gasteiger partial charge >= 0.3 is 0 Å². The Morgan fingerprint density at radius 3 is 2.49 bits per heavy atom. The van der Waals surface area contributed by atoms with Crippen molar-refractivity contribution >= 4 is 17.3 Å². The first kappa shape index (κ1) is 27.2. The molecule has 1 fully saturated rings. The first-order valence-electron chi connectivity index (χ1n) is 12.5. The van der Waals surface area contributed by atoms with Crippen molar-refractivity contribution in [1.82, 2.24) is 0 Å². The standard InChI is InChI=1S/C27H29NO11/c1-10-22(31)13(28)6-17(38-10)39-15-8-27(36,16(30)9-29)7-12-19(15)26(35)21-20(24(12)33)23(32)11-4-3-5-14(37-2)18(11)25(21)34/h3-5,10,13,15,17,22,29,31,33,35-36H,6-9,28H2,1-2H3/p+1/t10?,13?,15?,17?,22?,27-/m0/s1. The summed E-state index contributed by atoms with van der Waals surface area (Å²) in [5, 5.41) is 53.8. The minimum absolute atomic E-state index is 0.0450. The number of methoxy groups -OCH3 is 1. The third-order valence-electron chi connectivity index (χ3n) is 7.88. The van der Waals surface area contributed by atoms with Crippen LogP contribution in [0, 0.1) is 0 Å². The van der Waals surface area contributed by atoms with E-state index in [1.807, 2.05) is 0 Å². The minimum Gasteiger partial charge on any atom is -0.507 e. The average molecular weight is 545 g/mol. The number of carbonyl (C=O) groups excluding carboxylic acids is 3. The van der Waals surface area contributed by atoms with Gasteiger partial charge in [0, 0.05) is 29.5 Å². The molecule has 5 rings (SSSR count). The third kappa shape index (κ3) is 4.11. The number of carbonyl (C=O) groups is 3. The zero-order valence-electron chi connectivity index (χ0n) is 21.3. The van der Waals surface area contributed by atoms with Gasteiger partial charge in [0.2, 0.25) is 5.78 Å². The number of quaternary nitrogens is 1. The lowest BCUT2D eigenvalue weighted by atomic mass is 9.72. The van der Waals surface area contributed by atoms with E-state index in [9.17, 15) is 39.9 Å². The number of ether oxygens (including phenoxy) is 3. The van der Waals surface area contributed by atoms with E-state index in [4.69, 9.17) is 14.2 Å². The van der Waals surface area contributed by atoms with Gasteiger partial charge in [-0.1, -0.05) is 12.1 Å². The smallest absolute Gasteiger partial charge is 0.202 e. The molecule has 8 N–H and O–H groups in total. The lowest BCUT2D eigenvalue weighted by Crippen LogP contribution is -2.71. The molecule has 1 saturated heterocycles. The van der Waals surface area contributed by atoms with Gasteiger partial charge in [-0.25, -0.2) is 0 Å². The Hall–Kier alpha value is -3.39. The summed E-state index contributed by atoms with van der Waals surface area (Å²) >= 11 is 0. The van der Waals surface area contributed by atoms with Crippen LogP contribution >= 0.6 is 0 Å². The zero-order chi connectivity index (χ0) is 28.4. The summed E-state index contributed by atoms with van der Waals surface area (Å²) in [4.78, 5) is 39.8. The van der Waals surface area contributed by atoms with Gasteiger partial charge in [-0.05, 0) is 13.0 Å². The van der Waals surface area contributed by atoms with Gasteiger partial charge in [0.25, 0.3) is 0 Å². The Morgan fingerprint density at radius 1 is 1.15 bits per heavy atom. The second-order valence-electron chi connectivity index (χ2n) is 10.3. The lowest BCUT2D eigenvalue weighted by Gasteiger charge is -2.41. The van der Waals surface area contributed by atoms with Crippen LogP contribution in [0.25, 0.3) is 0 Å². The molecule has 12 heteroatoms. The summed E-state index contributed by atoms with van der Waals surface area (Å²) in [7, 11) is 1.33. The van der Waals surface area contributed by atoms with Crippen molar-refractivity contribution in [2.75, 3.05) is 13.7 Å². The molecule has 5 unspecified atom stereocenters. The van der Waals surface area contributed by atoms with Gasteiger partial charge in [-0.2, -0.15) is 0 Å². The molecule has 2 aromatic rings. The number of aliphatic hydroxyl groups excluding tert-OH is 2. The molecule has 1 aliphatic heterocycles. The number of hydrogen-bond acceptors (Lipinski definition) is 11. The summed E-state index contributed by atoms with van der Waals surface area (Å²) in [5.41, 5.74) is 0.362. The molecule has 0 aromatic heterocycles. The van der Waals surface area contributed by atoms with Crippen molar-refractivity contribution in [3.8, 4) is 17.2 Å². The van der Waals surface area contributed by atoms with E-state index in [1.165, 1.54) is 25.3 Å². The number of benzene rings is 2. The van der Waals surface area contributed by atoms with Gasteiger partial charge in [-0.15, -0.1) is 0 Å². The summed E-state index contributed by atoms with van der Waals surface area (Å²) in [5.74, 6) is -3.71. The third-order valence-corrected chi connectivity index (χ3v) is 7.88. The molecular weight excluding hydrogens is 514 g/mol. The number of hydrogen-bond donors (Lipinski definition) is 6. The van der Waals surface area contributed by atoms with Crippen LogP contribution in [0.15, 0.2) is 18.2 Å². The minimum atomic E-state index is -2.23. The Balaban J connectivity index is 1.69. The van der Waals surface area contributed by atoms with Crippen LogP contribution in [0.2, 0.25) is 0 Å². The summed E-state index contributed by atoms with van der Waals surface area (Å²) in [6.07, 6.45) is -4.72. The molecule has 0 spiro atoms. The van der Waals surface area contributed by atoms with E-state index in [1.54, 1.807) is 6.92 Å². The maximum atomic E-state index is 13.7. The van der Waals surface area contributed by atoms with E-state index in [2.05, 4.69) is 5.73 Å².